The van der Waals surface area contributed by atoms with Crippen molar-refractivity contribution in [1.82, 2.24) is 20.3 Å². The molecule has 0 saturated carbocycles. The minimum atomic E-state index is -1.29. The minimum Gasteiger partial charge on any atom is -0.481 e. The van der Waals surface area contributed by atoms with Crippen LogP contribution in [0.15, 0.2) is 30.5 Å². The third kappa shape index (κ3) is 5.17. The van der Waals surface area contributed by atoms with Crippen LogP contribution in [0.1, 0.15) is 48.1 Å². The van der Waals surface area contributed by atoms with Gasteiger partial charge in [0.25, 0.3) is 5.91 Å². The highest BCUT2D eigenvalue weighted by Crippen LogP contribution is 2.34. The van der Waals surface area contributed by atoms with Gasteiger partial charge in [-0.05, 0) is 37.1 Å². The molecule has 3 aromatic rings. The molecule has 12 heteroatoms. The lowest BCUT2D eigenvalue weighted by molar-refractivity contribution is -0.140. The van der Waals surface area contributed by atoms with Gasteiger partial charge < -0.3 is 36.9 Å². The van der Waals surface area contributed by atoms with E-state index >= 15 is 0 Å². The molecule has 34 heavy (non-hydrogen) atoms. The van der Waals surface area contributed by atoms with E-state index in [1.54, 1.807) is 24.3 Å². The fourth-order valence-corrected chi connectivity index (χ4v) is 3.86. The van der Waals surface area contributed by atoms with Crippen LogP contribution < -0.4 is 21.7 Å². The standard InChI is InChI=1S/C22H27N7O5/c1-3-15(13-10-25-19-17(13)18(23)27-22(24)28-19)29(2)12-6-4-11(5-7-12)20(32)26-14(21(33)34)8-9-16(30)31/h4-7,10,14-15H,3,8-9H2,1-2H3,(H,26,32)(H,30,31)(H,33,34)(H5,23,24,25,27,28)/t14-,15?/m0/s1. The van der Waals surface area contributed by atoms with Crippen LogP contribution in [0, 0.1) is 0 Å². The summed E-state index contributed by atoms with van der Waals surface area (Å²) < 4.78 is 0. The number of aromatic nitrogens is 3. The zero-order chi connectivity index (χ0) is 25.0. The van der Waals surface area contributed by atoms with Crippen molar-refractivity contribution in [2.45, 2.75) is 38.3 Å². The maximum atomic E-state index is 12.5. The van der Waals surface area contributed by atoms with Crippen LogP contribution in [0.5, 0.6) is 0 Å². The average molecular weight is 470 g/mol. The van der Waals surface area contributed by atoms with Gasteiger partial charge in [-0.2, -0.15) is 9.97 Å². The van der Waals surface area contributed by atoms with Crippen LogP contribution in [-0.4, -0.2) is 56.1 Å². The Morgan fingerprint density at radius 1 is 1.15 bits per heavy atom. The van der Waals surface area contributed by atoms with E-state index in [1.165, 1.54) is 0 Å². The molecule has 2 atom stereocenters. The Kier molecular flexibility index (Phi) is 7.19. The van der Waals surface area contributed by atoms with Gasteiger partial charge >= 0.3 is 11.9 Å². The van der Waals surface area contributed by atoms with Crippen molar-refractivity contribution in [1.29, 1.82) is 0 Å². The first-order valence-corrected chi connectivity index (χ1v) is 10.6. The fourth-order valence-electron chi connectivity index (χ4n) is 3.86. The van der Waals surface area contributed by atoms with Crippen molar-refractivity contribution in [2.75, 3.05) is 23.4 Å². The van der Waals surface area contributed by atoms with E-state index in [0.717, 1.165) is 17.7 Å². The van der Waals surface area contributed by atoms with Gasteiger partial charge in [-0.25, -0.2) is 4.79 Å². The number of carboxylic acid groups (broad SMARTS) is 2. The summed E-state index contributed by atoms with van der Waals surface area (Å²) in [4.78, 5) is 47.9. The largest absolute Gasteiger partial charge is 0.481 e. The molecule has 0 spiro atoms. The van der Waals surface area contributed by atoms with Gasteiger partial charge in [0.15, 0.2) is 0 Å². The number of nitrogens with zero attached hydrogens (tertiary/aromatic N) is 3. The number of aromatic amines is 1. The Morgan fingerprint density at radius 2 is 1.82 bits per heavy atom. The van der Waals surface area contributed by atoms with Gasteiger partial charge in [0.1, 0.15) is 17.5 Å². The summed E-state index contributed by atoms with van der Waals surface area (Å²) in [6.07, 6.45) is 1.98. The molecule has 1 unspecified atom stereocenters. The molecule has 2 aromatic heterocycles. The number of H-pyrrole nitrogens is 1. The molecule has 1 amide bonds. The van der Waals surface area contributed by atoms with Crippen molar-refractivity contribution in [3.05, 3.63) is 41.6 Å². The molecule has 0 radical (unpaired) electrons. The maximum absolute atomic E-state index is 12.5. The lowest BCUT2D eigenvalue weighted by Gasteiger charge is -2.29. The number of nitrogens with one attached hydrogen (secondary N) is 2. The van der Waals surface area contributed by atoms with Crippen LogP contribution >= 0.6 is 0 Å². The number of carbonyl (C=O) groups is 3. The van der Waals surface area contributed by atoms with Gasteiger partial charge in [-0.3, -0.25) is 9.59 Å². The smallest absolute Gasteiger partial charge is 0.326 e. The predicted octanol–water partition coefficient (Wildman–Crippen LogP) is 1.76. The third-order valence-corrected chi connectivity index (χ3v) is 5.61. The number of carboxylic acids is 2. The van der Waals surface area contributed by atoms with E-state index in [2.05, 4.69) is 20.3 Å². The van der Waals surface area contributed by atoms with E-state index in [4.69, 9.17) is 16.6 Å². The summed E-state index contributed by atoms with van der Waals surface area (Å²) in [5.74, 6) is -2.65. The molecular formula is C22H27N7O5. The highest BCUT2D eigenvalue weighted by molar-refractivity contribution is 5.97. The number of aliphatic carboxylic acids is 2. The maximum Gasteiger partial charge on any atom is 0.326 e. The van der Waals surface area contributed by atoms with Crippen molar-refractivity contribution in [2.24, 2.45) is 0 Å². The van der Waals surface area contributed by atoms with E-state index in [9.17, 15) is 19.5 Å². The van der Waals surface area contributed by atoms with Crippen LogP contribution in [0.2, 0.25) is 0 Å². The van der Waals surface area contributed by atoms with Gasteiger partial charge in [-0.15, -0.1) is 0 Å². The Morgan fingerprint density at radius 3 is 2.41 bits per heavy atom. The number of hydrogen-bond acceptors (Lipinski definition) is 8. The quantitative estimate of drug-likeness (QED) is 0.254. The van der Waals surface area contributed by atoms with Crippen molar-refractivity contribution in [3.63, 3.8) is 0 Å². The number of benzene rings is 1. The lowest BCUT2D eigenvalue weighted by Crippen LogP contribution is -2.41. The Hall–Kier alpha value is -4.35. The Balaban J connectivity index is 1.78. The first kappa shape index (κ1) is 24.3. The fraction of sp³-hybridized carbons (Fsp3) is 0.318. The van der Waals surface area contributed by atoms with Gasteiger partial charge in [0, 0.05) is 36.5 Å². The molecule has 0 aliphatic carbocycles. The molecule has 0 saturated heterocycles. The van der Waals surface area contributed by atoms with Gasteiger partial charge in [0.05, 0.1) is 11.4 Å². The van der Waals surface area contributed by atoms with Gasteiger partial charge in [0.2, 0.25) is 5.95 Å². The Bertz CT molecular complexity index is 1210. The van der Waals surface area contributed by atoms with Gasteiger partial charge in [-0.1, -0.05) is 6.92 Å². The molecule has 3 rings (SSSR count). The third-order valence-electron chi connectivity index (χ3n) is 5.61. The number of rotatable bonds is 10. The number of nitrogen functional groups attached to an aromatic ring is 2. The first-order chi connectivity index (χ1) is 16.1. The van der Waals surface area contributed by atoms with E-state index < -0.39 is 23.9 Å². The van der Waals surface area contributed by atoms with E-state index in [-0.39, 0.29) is 36.2 Å². The zero-order valence-electron chi connectivity index (χ0n) is 18.8. The molecule has 1 aromatic carbocycles. The molecule has 12 nitrogen and oxygen atoms in total. The second-order valence-corrected chi connectivity index (χ2v) is 7.81. The summed E-state index contributed by atoms with van der Waals surface area (Å²) in [5.41, 5.74) is 14.3. The number of anilines is 3. The van der Waals surface area contributed by atoms with Crippen LogP contribution in [0.4, 0.5) is 17.5 Å². The number of carbonyl (C=O) groups excluding carboxylic acids is 1. The number of fused-ring (bicyclic) bond motifs is 1. The number of amides is 1. The highest BCUT2D eigenvalue weighted by Gasteiger charge is 2.24. The monoisotopic (exact) mass is 469 g/mol. The molecule has 2 heterocycles. The normalized spacial score (nSPS) is 12.8. The molecule has 0 aliphatic heterocycles. The van der Waals surface area contributed by atoms with Crippen molar-refractivity contribution in [3.8, 4) is 0 Å². The van der Waals surface area contributed by atoms with Crippen LogP contribution in [0.25, 0.3) is 11.0 Å². The second-order valence-electron chi connectivity index (χ2n) is 7.81. The molecule has 8 N–H and O–H groups in total. The summed E-state index contributed by atoms with van der Waals surface area (Å²) in [6, 6.07) is 5.28. The summed E-state index contributed by atoms with van der Waals surface area (Å²) in [7, 11) is 1.91. The van der Waals surface area contributed by atoms with E-state index in [0.29, 0.717) is 11.0 Å². The number of hydrogen-bond donors (Lipinski definition) is 6. The molecule has 0 aliphatic rings. The highest BCUT2D eigenvalue weighted by atomic mass is 16.4. The first-order valence-electron chi connectivity index (χ1n) is 10.6. The molecular weight excluding hydrogens is 442 g/mol. The minimum absolute atomic E-state index is 0.0850. The molecule has 0 fully saturated rings. The summed E-state index contributed by atoms with van der Waals surface area (Å²) in [6.45, 7) is 2.03. The van der Waals surface area contributed by atoms with E-state index in [1.807, 2.05) is 25.1 Å². The lowest BCUT2D eigenvalue weighted by atomic mass is 10.0. The summed E-state index contributed by atoms with van der Waals surface area (Å²) in [5, 5.41) is 21.1. The molecule has 0 bridgehead atoms. The topological polar surface area (TPSA) is 201 Å². The van der Waals surface area contributed by atoms with Crippen molar-refractivity contribution < 1.29 is 24.6 Å². The van der Waals surface area contributed by atoms with Crippen LogP contribution in [0.3, 0.4) is 0 Å². The SMILES string of the molecule is CCC(c1c[nH]c2nc(N)nc(N)c12)N(C)c1ccc(C(=O)N[C@@H](CCC(=O)O)C(=O)O)cc1. The average Bonchev–Trinajstić information content (AvgIpc) is 3.20. The zero-order valence-corrected chi connectivity index (χ0v) is 18.8. The predicted molar refractivity (Wildman–Crippen MR) is 126 cm³/mol. The van der Waals surface area contributed by atoms with Crippen LogP contribution in [-0.2, 0) is 9.59 Å². The summed E-state index contributed by atoms with van der Waals surface area (Å²) >= 11 is 0. The molecule has 180 valence electrons. The Labute approximate surface area is 195 Å². The van der Waals surface area contributed by atoms with Crippen molar-refractivity contribution >= 4 is 46.3 Å². The number of nitrogens with two attached hydrogens (primary N) is 2. The second kappa shape index (κ2) is 10.1.